The predicted octanol–water partition coefficient (Wildman–Crippen LogP) is 4.70. The number of halogens is 2. The van der Waals surface area contributed by atoms with Gasteiger partial charge in [-0.3, -0.25) is 9.59 Å². The normalized spacial score (nSPS) is 16.3. The monoisotopic (exact) mass is 431 g/mol. The van der Waals surface area contributed by atoms with Gasteiger partial charge in [-0.15, -0.1) is 0 Å². The molecule has 1 heterocycles. The summed E-state index contributed by atoms with van der Waals surface area (Å²) in [7, 11) is 0. The largest absolute Gasteiger partial charge is 0.324 e. The first-order chi connectivity index (χ1) is 13.5. The second-order valence-corrected chi connectivity index (χ2v) is 7.86. The lowest BCUT2D eigenvalue weighted by atomic mass is 9.87. The van der Waals surface area contributed by atoms with Crippen LogP contribution in [0.4, 0.5) is 5.69 Å². The van der Waals surface area contributed by atoms with E-state index in [1.807, 2.05) is 0 Å². The SMILES string of the molecule is N#CC1=C(SCC(=O)Nc2ccccc2Cl)NC(=O)C[C@@H]1c1ccc(Cl)cc1. The van der Waals surface area contributed by atoms with Crippen LogP contribution in [0.3, 0.4) is 0 Å². The molecule has 0 fully saturated rings. The first-order valence-corrected chi connectivity index (χ1v) is 10.1. The summed E-state index contributed by atoms with van der Waals surface area (Å²) in [5, 5.41) is 16.5. The van der Waals surface area contributed by atoms with E-state index in [0.717, 1.165) is 17.3 Å². The van der Waals surface area contributed by atoms with E-state index in [4.69, 9.17) is 23.2 Å². The lowest BCUT2D eigenvalue weighted by Crippen LogP contribution is -2.31. The highest BCUT2D eigenvalue weighted by molar-refractivity contribution is 8.03. The Hall–Kier alpha value is -2.46. The first kappa shape index (κ1) is 20.3. The van der Waals surface area contributed by atoms with E-state index < -0.39 is 0 Å². The first-order valence-electron chi connectivity index (χ1n) is 8.34. The summed E-state index contributed by atoms with van der Waals surface area (Å²) < 4.78 is 0. The Kier molecular flexibility index (Phi) is 6.63. The lowest BCUT2D eigenvalue weighted by Gasteiger charge is -2.25. The minimum Gasteiger partial charge on any atom is -0.324 e. The summed E-state index contributed by atoms with van der Waals surface area (Å²) in [5.41, 5.74) is 1.77. The van der Waals surface area contributed by atoms with Crippen LogP contribution in [0, 0.1) is 11.3 Å². The molecule has 2 aromatic carbocycles. The predicted molar refractivity (Wildman–Crippen MR) is 112 cm³/mol. The molecule has 0 saturated heterocycles. The highest BCUT2D eigenvalue weighted by Gasteiger charge is 2.29. The number of nitrogens with one attached hydrogen (secondary N) is 2. The van der Waals surface area contributed by atoms with E-state index in [1.165, 1.54) is 0 Å². The summed E-state index contributed by atoms with van der Waals surface area (Å²) in [5.74, 6) is -0.830. The molecule has 2 N–H and O–H groups in total. The minimum atomic E-state index is -0.370. The van der Waals surface area contributed by atoms with Crippen molar-refractivity contribution in [2.45, 2.75) is 12.3 Å². The Morgan fingerprint density at radius 2 is 1.93 bits per heavy atom. The van der Waals surface area contributed by atoms with E-state index in [2.05, 4.69) is 16.7 Å². The van der Waals surface area contributed by atoms with Crippen molar-refractivity contribution < 1.29 is 9.59 Å². The standard InChI is InChI=1S/C20H15Cl2N3O2S/c21-13-7-5-12(6-8-13)14-9-18(26)25-20(15(14)10-23)28-11-19(27)24-17-4-2-1-3-16(17)22/h1-8,14H,9,11H2,(H,24,27)(H,25,26)/t14-/m1/s1. The van der Waals surface area contributed by atoms with Crippen molar-refractivity contribution in [1.29, 1.82) is 5.26 Å². The fraction of sp³-hybridized carbons (Fsp3) is 0.150. The third-order valence-electron chi connectivity index (χ3n) is 4.12. The second-order valence-electron chi connectivity index (χ2n) is 6.03. The number of thioether (sulfide) groups is 1. The average Bonchev–Trinajstić information content (AvgIpc) is 2.68. The van der Waals surface area contributed by atoms with Gasteiger partial charge in [0.1, 0.15) is 0 Å². The molecule has 1 aliphatic rings. The van der Waals surface area contributed by atoms with Crippen LogP contribution in [0.15, 0.2) is 59.1 Å². The number of amides is 2. The highest BCUT2D eigenvalue weighted by Crippen LogP contribution is 2.36. The molecule has 142 valence electrons. The minimum absolute atomic E-state index is 0.0271. The van der Waals surface area contributed by atoms with Crippen molar-refractivity contribution in [2.24, 2.45) is 0 Å². The van der Waals surface area contributed by atoms with Crippen molar-refractivity contribution in [3.63, 3.8) is 0 Å². The van der Waals surface area contributed by atoms with Crippen molar-refractivity contribution in [3.8, 4) is 6.07 Å². The number of rotatable bonds is 5. The van der Waals surface area contributed by atoms with Gasteiger partial charge in [0, 0.05) is 17.4 Å². The zero-order valence-corrected chi connectivity index (χ0v) is 16.9. The third-order valence-corrected chi connectivity index (χ3v) is 5.72. The number of allylic oxidation sites excluding steroid dienone is 1. The van der Waals surface area contributed by atoms with E-state index in [9.17, 15) is 14.9 Å². The van der Waals surface area contributed by atoms with Gasteiger partial charge >= 0.3 is 0 Å². The molecule has 0 radical (unpaired) electrons. The average molecular weight is 432 g/mol. The lowest BCUT2D eigenvalue weighted by molar-refractivity contribution is -0.121. The van der Waals surface area contributed by atoms with Crippen LogP contribution in [0.2, 0.25) is 10.0 Å². The van der Waals surface area contributed by atoms with Crippen molar-refractivity contribution >= 4 is 52.5 Å². The Balaban J connectivity index is 1.76. The van der Waals surface area contributed by atoms with Crippen LogP contribution < -0.4 is 10.6 Å². The fourth-order valence-electron chi connectivity index (χ4n) is 2.80. The number of carbonyl (C=O) groups excluding carboxylic acids is 2. The smallest absolute Gasteiger partial charge is 0.234 e. The number of carbonyl (C=O) groups is 2. The van der Waals surface area contributed by atoms with E-state index in [1.54, 1.807) is 48.5 Å². The maximum absolute atomic E-state index is 12.2. The highest BCUT2D eigenvalue weighted by atomic mass is 35.5. The van der Waals surface area contributed by atoms with Gasteiger partial charge in [-0.2, -0.15) is 5.26 Å². The van der Waals surface area contributed by atoms with Gasteiger partial charge in [0.25, 0.3) is 0 Å². The van der Waals surface area contributed by atoms with Crippen LogP contribution in [0.5, 0.6) is 0 Å². The molecule has 8 heteroatoms. The van der Waals surface area contributed by atoms with Gasteiger partial charge in [-0.25, -0.2) is 0 Å². The molecule has 0 aromatic heterocycles. The molecule has 3 rings (SSSR count). The molecular formula is C20H15Cl2N3O2S. The second kappa shape index (κ2) is 9.16. The van der Waals surface area contributed by atoms with E-state index in [0.29, 0.717) is 26.3 Å². The van der Waals surface area contributed by atoms with Gasteiger partial charge < -0.3 is 10.6 Å². The van der Waals surface area contributed by atoms with Gasteiger partial charge in [0.05, 0.1) is 33.1 Å². The summed E-state index contributed by atoms with van der Waals surface area (Å²) in [6, 6.07) is 16.1. The van der Waals surface area contributed by atoms with E-state index in [-0.39, 0.29) is 29.9 Å². The molecule has 0 aliphatic carbocycles. The molecule has 0 bridgehead atoms. The van der Waals surface area contributed by atoms with Gasteiger partial charge in [-0.1, -0.05) is 59.2 Å². The quantitative estimate of drug-likeness (QED) is 0.718. The summed E-state index contributed by atoms with van der Waals surface area (Å²) in [6.07, 6.45) is 0.167. The maximum Gasteiger partial charge on any atom is 0.234 e. The fourth-order valence-corrected chi connectivity index (χ4v) is 3.99. The molecule has 2 amide bonds. The Morgan fingerprint density at radius 1 is 1.21 bits per heavy atom. The van der Waals surface area contributed by atoms with Crippen molar-refractivity contribution in [1.82, 2.24) is 5.32 Å². The van der Waals surface area contributed by atoms with Crippen molar-refractivity contribution in [3.05, 3.63) is 74.7 Å². The molecular weight excluding hydrogens is 417 g/mol. The Labute approximate surface area is 176 Å². The zero-order chi connectivity index (χ0) is 20.1. The molecule has 2 aromatic rings. The summed E-state index contributed by atoms with van der Waals surface area (Å²) in [6.45, 7) is 0. The summed E-state index contributed by atoms with van der Waals surface area (Å²) in [4.78, 5) is 24.4. The topological polar surface area (TPSA) is 82.0 Å². The van der Waals surface area contributed by atoms with E-state index >= 15 is 0 Å². The van der Waals surface area contributed by atoms with Crippen LogP contribution in [0.1, 0.15) is 17.9 Å². The van der Waals surface area contributed by atoms with Crippen LogP contribution in [0.25, 0.3) is 0 Å². The maximum atomic E-state index is 12.2. The van der Waals surface area contributed by atoms with Crippen LogP contribution in [-0.2, 0) is 9.59 Å². The molecule has 28 heavy (non-hydrogen) atoms. The molecule has 0 unspecified atom stereocenters. The molecule has 1 atom stereocenters. The summed E-state index contributed by atoms with van der Waals surface area (Å²) >= 11 is 13.1. The number of hydrogen-bond donors (Lipinski definition) is 2. The Bertz CT molecular complexity index is 984. The van der Waals surface area contributed by atoms with Gasteiger partial charge in [0.2, 0.25) is 11.8 Å². The number of hydrogen-bond acceptors (Lipinski definition) is 4. The third kappa shape index (κ3) is 4.87. The molecule has 1 aliphatic heterocycles. The molecule has 5 nitrogen and oxygen atoms in total. The van der Waals surface area contributed by atoms with Crippen LogP contribution in [-0.4, -0.2) is 17.6 Å². The number of benzene rings is 2. The number of nitrogens with zero attached hydrogens (tertiary/aromatic N) is 1. The Morgan fingerprint density at radius 3 is 2.61 bits per heavy atom. The zero-order valence-electron chi connectivity index (χ0n) is 14.5. The van der Waals surface area contributed by atoms with Crippen LogP contribution >= 0.6 is 35.0 Å². The molecule has 0 saturated carbocycles. The van der Waals surface area contributed by atoms with Gasteiger partial charge in [-0.05, 0) is 29.8 Å². The number of nitriles is 1. The number of anilines is 1. The van der Waals surface area contributed by atoms with Crippen molar-refractivity contribution in [2.75, 3.05) is 11.1 Å². The van der Waals surface area contributed by atoms with Gasteiger partial charge in [0.15, 0.2) is 0 Å². The molecule has 0 spiro atoms. The number of para-hydroxylation sites is 1.